The van der Waals surface area contributed by atoms with Crippen LogP contribution in [0.3, 0.4) is 0 Å². The van der Waals surface area contributed by atoms with Gasteiger partial charge in [0.05, 0.1) is 0 Å². The second-order valence-electron chi connectivity index (χ2n) is 6.16. The third-order valence-corrected chi connectivity index (χ3v) is 4.65. The fourth-order valence-electron chi connectivity index (χ4n) is 3.43. The largest absolute Gasteiger partial charge is 0.342 e. The Morgan fingerprint density at radius 1 is 1.10 bits per heavy atom. The lowest BCUT2D eigenvalue weighted by Gasteiger charge is -2.52. The van der Waals surface area contributed by atoms with Crippen molar-refractivity contribution in [2.75, 3.05) is 13.1 Å². The summed E-state index contributed by atoms with van der Waals surface area (Å²) in [5.74, 6) is 1.49. The number of likely N-dealkylation sites (tertiary alicyclic amines) is 1. The Kier molecular flexibility index (Phi) is 9.16. The maximum Gasteiger partial charge on any atom is 0.225 e. The van der Waals surface area contributed by atoms with Gasteiger partial charge in [-0.3, -0.25) is 4.79 Å². The Hall–Kier alpha value is -0.530. The van der Waals surface area contributed by atoms with Crippen molar-refractivity contribution >= 4 is 5.91 Å². The molecule has 2 aliphatic rings. The first kappa shape index (κ1) is 19.5. The molecule has 0 aromatic heterocycles. The molecule has 1 spiro atoms. The van der Waals surface area contributed by atoms with E-state index in [-0.39, 0.29) is 5.92 Å². The Morgan fingerprint density at radius 2 is 1.55 bits per heavy atom. The first-order valence-electron chi connectivity index (χ1n) is 8.85. The second kappa shape index (κ2) is 9.41. The van der Waals surface area contributed by atoms with E-state index >= 15 is 0 Å². The molecule has 120 valence electrons. The van der Waals surface area contributed by atoms with Gasteiger partial charge in [0, 0.05) is 19.0 Å². The molecule has 0 aromatic rings. The third kappa shape index (κ3) is 4.79. The van der Waals surface area contributed by atoms with Gasteiger partial charge in [0.15, 0.2) is 0 Å². The minimum atomic E-state index is 0.166. The summed E-state index contributed by atoms with van der Waals surface area (Å²) < 4.78 is 0. The highest BCUT2D eigenvalue weighted by molar-refractivity contribution is 5.78. The highest BCUT2D eigenvalue weighted by atomic mass is 16.2. The lowest BCUT2D eigenvalue weighted by atomic mass is 9.57. The topological polar surface area (TPSA) is 20.3 Å². The number of hydrogen-bond acceptors (Lipinski definition) is 1. The highest BCUT2D eigenvalue weighted by Crippen LogP contribution is 2.53. The summed E-state index contributed by atoms with van der Waals surface area (Å²) in [6.45, 7) is 16.3. The Balaban J connectivity index is 0.000000829. The maximum atomic E-state index is 11.9. The van der Waals surface area contributed by atoms with Crippen LogP contribution in [0.1, 0.15) is 80.6 Å². The van der Waals surface area contributed by atoms with Crippen molar-refractivity contribution in [3.63, 3.8) is 0 Å². The van der Waals surface area contributed by atoms with Crippen molar-refractivity contribution in [1.29, 1.82) is 0 Å². The van der Waals surface area contributed by atoms with Gasteiger partial charge in [-0.05, 0) is 37.0 Å². The quantitative estimate of drug-likeness (QED) is 0.688. The van der Waals surface area contributed by atoms with E-state index in [1.54, 1.807) is 0 Å². The molecule has 1 heterocycles. The number of hydrogen-bond donors (Lipinski definition) is 0. The summed E-state index contributed by atoms with van der Waals surface area (Å²) in [4.78, 5) is 13.9. The zero-order chi connectivity index (χ0) is 15.8. The number of carbonyl (C=O) groups excluding carboxylic acids is 1. The van der Waals surface area contributed by atoms with Gasteiger partial charge in [-0.25, -0.2) is 0 Å². The van der Waals surface area contributed by atoms with Crippen molar-refractivity contribution in [2.24, 2.45) is 17.3 Å². The van der Waals surface area contributed by atoms with Gasteiger partial charge >= 0.3 is 0 Å². The van der Waals surface area contributed by atoms with Crippen LogP contribution in [0.15, 0.2) is 0 Å². The van der Waals surface area contributed by atoms with Gasteiger partial charge in [0.1, 0.15) is 0 Å². The van der Waals surface area contributed by atoms with E-state index in [4.69, 9.17) is 0 Å². The van der Waals surface area contributed by atoms with E-state index in [9.17, 15) is 4.79 Å². The summed E-state index contributed by atoms with van der Waals surface area (Å²) in [5.41, 5.74) is 0.633. The van der Waals surface area contributed by atoms with Crippen molar-refractivity contribution in [2.45, 2.75) is 80.6 Å². The van der Waals surface area contributed by atoms with Crippen LogP contribution < -0.4 is 0 Å². The summed E-state index contributed by atoms with van der Waals surface area (Å²) in [6.07, 6.45) is 6.70. The highest BCUT2D eigenvalue weighted by Gasteiger charge is 2.45. The molecule has 0 bridgehead atoms. The summed E-state index contributed by atoms with van der Waals surface area (Å²) in [6, 6.07) is 0. The van der Waals surface area contributed by atoms with E-state index in [0.717, 1.165) is 19.0 Å². The van der Waals surface area contributed by atoms with E-state index in [0.29, 0.717) is 11.3 Å². The molecule has 1 aliphatic heterocycles. The zero-order valence-corrected chi connectivity index (χ0v) is 15.0. The lowest BCUT2D eigenvalue weighted by Crippen LogP contribution is -2.49. The summed E-state index contributed by atoms with van der Waals surface area (Å²) in [5, 5.41) is 0. The summed E-state index contributed by atoms with van der Waals surface area (Å²) in [7, 11) is 0. The SMILES string of the molecule is CC.CC.CCC1CC2(CCN(C(=O)C(C)C)CC2)C1. The van der Waals surface area contributed by atoms with Gasteiger partial charge < -0.3 is 4.90 Å². The normalized spacial score (nSPS) is 20.5. The van der Waals surface area contributed by atoms with Crippen LogP contribution in [-0.2, 0) is 4.79 Å². The number of piperidine rings is 1. The molecule has 2 nitrogen and oxygen atoms in total. The maximum absolute atomic E-state index is 11.9. The first-order chi connectivity index (χ1) is 9.56. The fourth-order valence-corrected chi connectivity index (χ4v) is 3.43. The molecule has 0 atom stereocenters. The molecule has 0 aromatic carbocycles. The number of amides is 1. The van der Waals surface area contributed by atoms with E-state index < -0.39 is 0 Å². The van der Waals surface area contributed by atoms with Crippen LogP contribution >= 0.6 is 0 Å². The molecule has 1 aliphatic carbocycles. The van der Waals surface area contributed by atoms with Gasteiger partial charge in [0.25, 0.3) is 0 Å². The third-order valence-electron chi connectivity index (χ3n) is 4.65. The average Bonchev–Trinajstić information content (AvgIpc) is 2.48. The zero-order valence-electron chi connectivity index (χ0n) is 15.0. The Morgan fingerprint density at radius 3 is 1.90 bits per heavy atom. The number of nitrogens with zero attached hydrogens (tertiary/aromatic N) is 1. The van der Waals surface area contributed by atoms with Gasteiger partial charge in [-0.2, -0.15) is 0 Å². The van der Waals surface area contributed by atoms with Crippen molar-refractivity contribution in [3.8, 4) is 0 Å². The predicted octanol–water partition coefficient (Wildman–Crippen LogP) is 5.12. The molecule has 20 heavy (non-hydrogen) atoms. The molecule has 0 radical (unpaired) electrons. The fraction of sp³-hybridized carbons (Fsp3) is 0.944. The molecular weight excluding hydrogens is 246 g/mol. The van der Waals surface area contributed by atoms with Crippen LogP contribution in [0.4, 0.5) is 0 Å². The predicted molar refractivity (Wildman–Crippen MR) is 88.8 cm³/mol. The van der Waals surface area contributed by atoms with Crippen molar-refractivity contribution in [3.05, 3.63) is 0 Å². The molecule has 1 amide bonds. The van der Waals surface area contributed by atoms with Gasteiger partial charge in [-0.15, -0.1) is 0 Å². The van der Waals surface area contributed by atoms with Crippen LogP contribution in [0.2, 0.25) is 0 Å². The summed E-state index contributed by atoms with van der Waals surface area (Å²) >= 11 is 0. The number of rotatable bonds is 2. The minimum absolute atomic E-state index is 0.166. The first-order valence-corrected chi connectivity index (χ1v) is 8.85. The average molecular weight is 284 g/mol. The molecule has 0 N–H and O–H groups in total. The van der Waals surface area contributed by atoms with Crippen LogP contribution in [0.25, 0.3) is 0 Å². The van der Waals surface area contributed by atoms with E-state index in [1.165, 1.54) is 32.1 Å². The molecule has 1 saturated heterocycles. The Bertz CT molecular complexity index is 257. The van der Waals surface area contributed by atoms with E-state index in [1.807, 2.05) is 41.5 Å². The smallest absolute Gasteiger partial charge is 0.225 e. The van der Waals surface area contributed by atoms with Gasteiger partial charge in [-0.1, -0.05) is 54.9 Å². The monoisotopic (exact) mass is 283 g/mol. The lowest BCUT2D eigenvalue weighted by molar-refractivity contribution is -0.138. The molecular formula is C18H37NO. The Labute approximate surface area is 127 Å². The molecule has 1 saturated carbocycles. The van der Waals surface area contributed by atoms with Crippen LogP contribution in [0, 0.1) is 17.3 Å². The van der Waals surface area contributed by atoms with Crippen LogP contribution in [0.5, 0.6) is 0 Å². The minimum Gasteiger partial charge on any atom is -0.342 e. The van der Waals surface area contributed by atoms with Crippen molar-refractivity contribution < 1.29 is 4.79 Å². The van der Waals surface area contributed by atoms with Gasteiger partial charge in [0.2, 0.25) is 5.91 Å². The second-order valence-corrected chi connectivity index (χ2v) is 6.16. The van der Waals surface area contributed by atoms with Crippen molar-refractivity contribution in [1.82, 2.24) is 4.90 Å². The number of carbonyl (C=O) groups is 1. The molecule has 0 unspecified atom stereocenters. The van der Waals surface area contributed by atoms with E-state index in [2.05, 4.69) is 11.8 Å². The molecule has 2 fully saturated rings. The standard InChI is InChI=1S/C14H25NO.2C2H6/c1-4-12-9-14(10-12)5-7-15(8-6-14)13(16)11(2)3;2*1-2/h11-12H,4-10H2,1-3H3;2*1-2H3. The van der Waals surface area contributed by atoms with Crippen LogP contribution in [-0.4, -0.2) is 23.9 Å². The molecule has 2 heteroatoms. The molecule has 2 rings (SSSR count).